The number of fused-ring (bicyclic) bond motifs is 2. The van der Waals surface area contributed by atoms with Gasteiger partial charge in [0.25, 0.3) is 0 Å². The van der Waals surface area contributed by atoms with E-state index in [2.05, 4.69) is 11.8 Å². The van der Waals surface area contributed by atoms with E-state index in [0.717, 1.165) is 25.9 Å². The van der Waals surface area contributed by atoms with Crippen LogP contribution in [-0.4, -0.2) is 98.2 Å². The van der Waals surface area contributed by atoms with Gasteiger partial charge in [-0.3, -0.25) is 4.90 Å². The molecule has 6 fully saturated rings. The molecule has 5 aliphatic carbocycles. The van der Waals surface area contributed by atoms with Crippen molar-refractivity contribution in [2.75, 3.05) is 41.0 Å². The average molecular weight is 542 g/mol. The van der Waals surface area contributed by atoms with Gasteiger partial charge in [-0.05, 0) is 43.9 Å². The molecule has 1 spiro atoms. The summed E-state index contributed by atoms with van der Waals surface area (Å²) in [5, 5.41) is 25.2. The minimum absolute atomic E-state index is 0.0104. The van der Waals surface area contributed by atoms with Crippen molar-refractivity contribution < 1.29 is 34.0 Å². The van der Waals surface area contributed by atoms with Crippen molar-refractivity contribution in [3.8, 4) is 0 Å². The molecule has 0 amide bonds. The normalized spacial score (nSPS) is 51.1. The second-order valence-corrected chi connectivity index (χ2v) is 13.3. The van der Waals surface area contributed by atoms with Gasteiger partial charge in [-0.25, -0.2) is 4.79 Å². The van der Waals surface area contributed by atoms with Crippen LogP contribution in [0.1, 0.15) is 43.0 Å². The molecule has 0 aromatic heterocycles. The Kier molecular flexibility index (Phi) is 6.06. The summed E-state index contributed by atoms with van der Waals surface area (Å²) in [6, 6.07) is 9.09. The molecule has 6 aliphatic rings. The zero-order valence-electron chi connectivity index (χ0n) is 23.5. The first-order valence-electron chi connectivity index (χ1n) is 14.8. The van der Waals surface area contributed by atoms with E-state index in [0.29, 0.717) is 25.0 Å². The summed E-state index contributed by atoms with van der Waals surface area (Å²) in [5.74, 6) is -0.869. The van der Waals surface area contributed by atoms with Crippen LogP contribution in [0, 0.1) is 40.4 Å². The number of aliphatic hydroxyl groups is 2. The van der Waals surface area contributed by atoms with Gasteiger partial charge in [0.15, 0.2) is 0 Å². The van der Waals surface area contributed by atoms with Crippen LogP contribution in [0.5, 0.6) is 0 Å². The van der Waals surface area contributed by atoms with Crippen molar-refractivity contribution >= 4 is 5.97 Å². The third-order valence-electron chi connectivity index (χ3n) is 12.3. The van der Waals surface area contributed by atoms with Gasteiger partial charge in [-0.15, -0.1) is 0 Å². The highest BCUT2D eigenvalue weighted by atomic mass is 16.6. The third kappa shape index (κ3) is 3.08. The number of hydrogen-bond donors (Lipinski definition) is 2. The third-order valence-corrected chi connectivity index (χ3v) is 12.3. The Balaban J connectivity index is 1.41. The van der Waals surface area contributed by atoms with Crippen molar-refractivity contribution in [1.82, 2.24) is 4.90 Å². The van der Waals surface area contributed by atoms with Crippen molar-refractivity contribution in [3.05, 3.63) is 35.9 Å². The second-order valence-electron chi connectivity index (χ2n) is 13.3. The predicted molar refractivity (Wildman–Crippen MR) is 142 cm³/mol. The van der Waals surface area contributed by atoms with Crippen LogP contribution in [0.15, 0.2) is 30.3 Å². The number of ether oxygens (including phenoxy) is 4. The number of piperidine rings is 1. The fourth-order valence-electron chi connectivity index (χ4n) is 11.6. The molecule has 1 heterocycles. The highest BCUT2D eigenvalue weighted by molar-refractivity contribution is 5.89. The van der Waals surface area contributed by atoms with E-state index in [1.807, 2.05) is 18.2 Å². The molecule has 1 saturated heterocycles. The number of carbonyl (C=O) groups excluding carboxylic acids is 1. The Morgan fingerprint density at radius 3 is 2.54 bits per heavy atom. The Morgan fingerprint density at radius 1 is 1.10 bits per heavy atom. The molecule has 3 unspecified atom stereocenters. The molecule has 1 aliphatic heterocycles. The summed E-state index contributed by atoms with van der Waals surface area (Å²) in [6.45, 7) is 4.51. The van der Waals surface area contributed by atoms with E-state index in [1.165, 1.54) is 0 Å². The van der Waals surface area contributed by atoms with Gasteiger partial charge in [0.2, 0.25) is 0 Å². The number of esters is 1. The Labute approximate surface area is 230 Å². The van der Waals surface area contributed by atoms with E-state index < -0.39 is 23.2 Å². The van der Waals surface area contributed by atoms with Crippen molar-refractivity contribution in [2.45, 2.75) is 68.7 Å². The summed E-state index contributed by atoms with van der Waals surface area (Å²) >= 11 is 0. The van der Waals surface area contributed by atoms with Crippen LogP contribution in [0.4, 0.5) is 0 Å². The molecule has 8 nitrogen and oxygen atoms in total. The van der Waals surface area contributed by atoms with Crippen molar-refractivity contribution in [1.29, 1.82) is 0 Å². The van der Waals surface area contributed by atoms with Gasteiger partial charge >= 0.3 is 5.97 Å². The number of hydrogen-bond acceptors (Lipinski definition) is 8. The average Bonchev–Trinajstić information content (AvgIpc) is 3.38. The highest BCUT2D eigenvalue weighted by Crippen LogP contribution is 2.79. The van der Waals surface area contributed by atoms with Crippen molar-refractivity contribution in [3.63, 3.8) is 0 Å². The van der Waals surface area contributed by atoms with E-state index >= 15 is 0 Å². The summed E-state index contributed by atoms with van der Waals surface area (Å²) in [4.78, 5) is 15.9. The lowest BCUT2D eigenvalue weighted by atomic mass is 9.43. The molecule has 5 saturated carbocycles. The smallest absolute Gasteiger partial charge is 0.338 e. The topological polar surface area (TPSA) is 97.7 Å². The largest absolute Gasteiger partial charge is 0.458 e. The first-order chi connectivity index (χ1) is 18.8. The zero-order valence-corrected chi connectivity index (χ0v) is 23.5. The molecule has 7 bridgehead atoms. The lowest BCUT2D eigenvalue weighted by molar-refractivity contribution is -0.272. The zero-order chi connectivity index (χ0) is 27.3. The highest BCUT2D eigenvalue weighted by Gasteiger charge is 2.86. The Morgan fingerprint density at radius 2 is 1.87 bits per heavy atom. The maximum Gasteiger partial charge on any atom is 0.338 e. The fourth-order valence-corrected chi connectivity index (χ4v) is 11.6. The lowest BCUT2D eigenvalue weighted by Gasteiger charge is -2.68. The maximum atomic E-state index is 13.4. The van der Waals surface area contributed by atoms with Crippen LogP contribution < -0.4 is 0 Å². The fraction of sp³-hybridized carbons (Fsp3) is 0.774. The van der Waals surface area contributed by atoms with E-state index in [1.54, 1.807) is 33.5 Å². The maximum absolute atomic E-state index is 13.4. The number of aliphatic hydroxyl groups excluding tert-OH is 1. The Bertz CT molecular complexity index is 1120. The van der Waals surface area contributed by atoms with E-state index in [4.69, 9.17) is 18.9 Å². The molecule has 13 atom stereocenters. The number of carbonyl (C=O) groups is 1. The van der Waals surface area contributed by atoms with Gasteiger partial charge in [0.05, 0.1) is 36.1 Å². The summed E-state index contributed by atoms with van der Waals surface area (Å²) < 4.78 is 24.8. The van der Waals surface area contributed by atoms with Gasteiger partial charge < -0.3 is 29.2 Å². The molecular formula is C31H43NO7. The SMILES string of the molecule is CCN1C[C@]2(COC)CC[C@H](O)C34C1C([C@H](OC)[C@@H]32)[C@@]1(O)C[C@H](OC)[C@@H]2C[C@@H]4[C@@H]1[C@H]2OC(=O)c1ccccc1. The number of methoxy groups -OCH3 is 3. The monoisotopic (exact) mass is 541 g/mol. The molecule has 1 aromatic rings. The number of benzene rings is 1. The first-order valence-corrected chi connectivity index (χ1v) is 14.8. The number of likely N-dealkylation sites (tertiary alicyclic amines) is 1. The quantitative estimate of drug-likeness (QED) is 0.508. The second kappa shape index (κ2) is 8.97. The summed E-state index contributed by atoms with van der Waals surface area (Å²) in [5.41, 5.74) is -1.28. The molecule has 2 N–H and O–H groups in total. The minimum atomic E-state index is -1.15. The lowest BCUT2D eigenvalue weighted by Crippen LogP contribution is -2.76. The van der Waals surface area contributed by atoms with Crippen LogP contribution >= 0.6 is 0 Å². The summed E-state index contributed by atoms with van der Waals surface area (Å²) in [7, 11) is 5.24. The molecule has 7 rings (SSSR count). The van der Waals surface area contributed by atoms with Gasteiger partial charge in [-0.1, -0.05) is 25.1 Å². The van der Waals surface area contributed by atoms with Gasteiger partial charge in [-0.2, -0.15) is 0 Å². The molecule has 8 heteroatoms. The molecular weight excluding hydrogens is 498 g/mol. The molecule has 39 heavy (non-hydrogen) atoms. The van der Waals surface area contributed by atoms with E-state index in [9.17, 15) is 15.0 Å². The van der Waals surface area contributed by atoms with Gasteiger partial charge in [0, 0.05) is 74.8 Å². The molecule has 0 radical (unpaired) electrons. The van der Waals surface area contributed by atoms with Crippen LogP contribution in [-0.2, 0) is 18.9 Å². The van der Waals surface area contributed by atoms with Gasteiger partial charge in [0.1, 0.15) is 6.10 Å². The van der Waals surface area contributed by atoms with E-state index in [-0.39, 0.29) is 59.2 Å². The summed E-state index contributed by atoms with van der Waals surface area (Å²) in [6.07, 6.45) is 1.36. The first kappa shape index (κ1) is 26.4. The predicted octanol–water partition coefficient (Wildman–Crippen LogP) is 2.37. The molecule has 214 valence electrons. The number of rotatable bonds is 7. The van der Waals surface area contributed by atoms with Crippen LogP contribution in [0.3, 0.4) is 0 Å². The van der Waals surface area contributed by atoms with Crippen molar-refractivity contribution in [2.24, 2.45) is 40.4 Å². The van der Waals surface area contributed by atoms with Crippen LogP contribution in [0.2, 0.25) is 0 Å². The minimum Gasteiger partial charge on any atom is -0.458 e. The number of nitrogens with zero attached hydrogens (tertiary/aromatic N) is 1. The Hall–Kier alpha value is -1.55. The standard InChI is InChI=1S/C31H43NO7/c1-5-32-15-29(16-36-2)12-11-21(33)31-19-13-18-20(37-3)14-30(35,23(27(31)32)25(38-4)26(29)31)22(19)24(18)39-28(34)17-9-7-6-8-10-17/h6-10,18-27,33,35H,5,11-16H2,1-4H3/t18-,19+,20-,21-,22+,23?,24-,25-,26+,27?,29-,30+,31?/m0/s1. The molecule has 1 aromatic carbocycles. The van der Waals surface area contributed by atoms with Crippen LogP contribution in [0.25, 0.3) is 0 Å².